The number of ether oxygens (including phenoxy) is 1. The Morgan fingerprint density at radius 3 is 2.53 bits per heavy atom. The summed E-state index contributed by atoms with van der Waals surface area (Å²) in [5, 5.41) is 0. The Balaban J connectivity index is 2.97. The average molecular weight is 240 g/mol. The van der Waals surface area contributed by atoms with Gasteiger partial charge in [-0.05, 0) is 32.9 Å². The molecule has 0 radical (unpaired) electrons. The van der Waals surface area contributed by atoms with Gasteiger partial charge in [0.1, 0.15) is 0 Å². The number of benzene rings is 1. The molecule has 96 valence electrons. The average Bonchev–Trinajstić information content (AvgIpc) is 2.31. The highest BCUT2D eigenvalue weighted by atomic mass is 19.1. The lowest BCUT2D eigenvalue weighted by Gasteiger charge is -2.36. The molecule has 0 aliphatic rings. The predicted octanol–water partition coefficient (Wildman–Crippen LogP) is 2.40. The second-order valence-electron chi connectivity index (χ2n) is 4.62. The van der Waals surface area contributed by atoms with Crippen molar-refractivity contribution in [1.29, 1.82) is 0 Å². The minimum Gasteiger partial charge on any atom is -0.491 e. The van der Waals surface area contributed by atoms with Crippen LogP contribution in [0.15, 0.2) is 18.2 Å². The summed E-state index contributed by atoms with van der Waals surface area (Å²) in [7, 11) is 1.90. The van der Waals surface area contributed by atoms with Crippen molar-refractivity contribution in [2.75, 3.05) is 25.1 Å². The fourth-order valence-electron chi connectivity index (χ4n) is 1.46. The van der Waals surface area contributed by atoms with Gasteiger partial charge in [-0.1, -0.05) is 0 Å². The van der Waals surface area contributed by atoms with Crippen molar-refractivity contribution in [3.63, 3.8) is 0 Å². The van der Waals surface area contributed by atoms with Crippen LogP contribution in [-0.4, -0.2) is 25.7 Å². The van der Waals surface area contributed by atoms with Gasteiger partial charge in [-0.2, -0.15) is 0 Å². The molecule has 0 aliphatic heterocycles. The summed E-state index contributed by atoms with van der Waals surface area (Å²) in [6.07, 6.45) is 0. The van der Waals surface area contributed by atoms with E-state index in [-0.39, 0.29) is 17.1 Å². The van der Waals surface area contributed by atoms with Gasteiger partial charge in [0.05, 0.1) is 6.61 Å². The highest BCUT2D eigenvalue weighted by Gasteiger charge is 2.22. The normalized spacial score (nSPS) is 11.4. The summed E-state index contributed by atoms with van der Waals surface area (Å²) in [4.78, 5) is 1.96. The lowest BCUT2D eigenvalue weighted by molar-refractivity contribution is 0.321. The third kappa shape index (κ3) is 3.09. The summed E-state index contributed by atoms with van der Waals surface area (Å²) in [5.41, 5.74) is 6.28. The van der Waals surface area contributed by atoms with Crippen LogP contribution in [0, 0.1) is 5.82 Å². The molecule has 1 aromatic rings. The van der Waals surface area contributed by atoms with Gasteiger partial charge < -0.3 is 15.4 Å². The predicted molar refractivity (Wildman–Crippen MR) is 69.1 cm³/mol. The Morgan fingerprint density at radius 1 is 1.41 bits per heavy atom. The molecule has 4 heteroatoms. The summed E-state index contributed by atoms with van der Waals surface area (Å²) in [5.74, 6) is -0.0563. The first-order valence-corrected chi connectivity index (χ1v) is 5.78. The molecule has 0 heterocycles. The first-order valence-electron chi connectivity index (χ1n) is 5.78. The number of nitrogens with zero attached hydrogens (tertiary/aromatic N) is 1. The van der Waals surface area contributed by atoms with E-state index < -0.39 is 0 Å². The summed E-state index contributed by atoms with van der Waals surface area (Å²) in [6, 6.07) is 4.96. The SMILES string of the molecule is CCOc1ccc(N(C)C(C)(C)CN)cc1F. The van der Waals surface area contributed by atoms with E-state index >= 15 is 0 Å². The monoisotopic (exact) mass is 240 g/mol. The fourth-order valence-corrected chi connectivity index (χ4v) is 1.46. The minimum atomic E-state index is -0.343. The van der Waals surface area contributed by atoms with Crippen molar-refractivity contribution in [3.8, 4) is 5.75 Å². The molecule has 1 rings (SSSR count). The molecule has 0 unspecified atom stereocenters. The molecule has 0 bridgehead atoms. The number of rotatable bonds is 5. The van der Waals surface area contributed by atoms with Crippen molar-refractivity contribution in [2.45, 2.75) is 26.3 Å². The standard InChI is InChI=1S/C13H21FN2O/c1-5-17-12-7-6-10(8-11(12)14)16(4)13(2,3)9-15/h6-8H,5,9,15H2,1-4H3. The smallest absolute Gasteiger partial charge is 0.167 e. The summed E-state index contributed by atoms with van der Waals surface area (Å²) in [6.45, 7) is 6.82. The molecule has 0 atom stereocenters. The molecular weight excluding hydrogens is 219 g/mol. The van der Waals surface area contributed by atoms with Crippen LogP contribution < -0.4 is 15.4 Å². The van der Waals surface area contributed by atoms with Crippen molar-refractivity contribution < 1.29 is 9.13 Å². The highest BCUT2D eigenvalue weighted by molar-refractivity contribution is 5.51. The first kappa shape index (κ1) is 13.8. The van der Waals surface area contributed by atoms with E-state index in [9.17, 15) is 4.39 Å². The van der Waals surface area contributed by atoms with Gasteiger partial charge in [-0.25, -0.2) is 4.39 Å². The molecular formula is C13H21FN2O. The van der Waals surface area contributed by atoms with Crippen LogP contribution in [-0.2, 0) is 0 Å². The number of hydrogen-bond donors (Lipinski definition) is 1. The number of nitrogens with two attached hydrogens (primary N) is 1. The van der Waals surface area contributed by atoms with E-state index in [1.807, 2.05) is 38.8 Å². The Bertz CT molecular complexity index is 380. The van der Waals surface area contributed by atoms with Gasteiger partial charge in [0.15, 0.2) is 11.6 Å². The van der Waals surface area contributed by atoms with Crippen LogP contribution in [0.3, 0.4) is 0 Å². The second-order valence-corrected chi connectivity index (χ2v) is 4.62. The van der Waals surface area contributed by atoms with E-state index in [1.54, 1.807) is 6.07 Å². The molecule has 0 aromatic heterocycles. The van der Waals surface area contributed by atoms with Crippen LogP contribution in [0.4, 0.5) is 10.1 Å². The fraction of sp³-hybridized carbons (Fsp3) is 0.538. The van der Waals surface area contributed by atoms with E-state index in [2.05, 4.69) is 0 Å². The van der Waals surface area contributed by atoms with Crippen molar-refractivity contribution >= 4 is 5.69 Å². The Hall–Kier alpha value is -1.29. The van der Waals surface area contributed by atoms with Crippen LogP contribution in [0.2, 0.25) is 0 Å². The maximum Gasteiger partial charge on any atom is 0.167 e. The maximum absolute atomic E-state index is 13.7. The highest BCUT2D eigenvalue weighted by Crippen LogP contribution is 2.26. The molecule has 0 amide bonds. The quantitative estimate of drug-likeness (QED) is 0.859. The number of hydrogen-bond acceptors (Lipinski definition) is 3. The molecule has 0 fully saturated rings. The van der Waals surface area contributed by atoms with Crippen LogP contribution in [0.5, 0.6) is 5.75 Å². The van der Waals surface area contributed by atoms with E-state index in [0.717, 1.165) is 5.69 Å². The Kier molecular flexibility index (Phi) is 4.34. The number of halogens is 1. The molecule has 0 saturated heterocycles. The zero-order chi connectivity index (χ0) is 13.1. The first-order chi connectivity index (χ1) is 7.92. The van der Waals surface area contributed by atoms with Gasteiger partial charge >= 0.3 is 0 Å². The van der Waals surface area contributed by atoms with Gasteiger partial charge in [0.2, 0.25) is 0 Å². The van der Waals surface area contributed by atoms with E-state index in [1.165, 1.54) is 6.07 Å². The van der Waals surface area contributed by atoms with Crippen molar-refractivity contribution in [1.82, 2.24) is 0 Å². The van der Waals surface area contributed by atoms with Crippen LogP contribution >= 0.6 is 0 Å². The lowest BCUT2D eigenvalue weighted by Crippen LogP contribution is -2.47. The maximum atomic E-state index is 13.7. The zero-order valence-electron chi connectivity index (χ0n) is 11.0. The lowest BCUT2D eigenvalue weighted by atomic mass is 10.0. The topological polar surface area (TPSA) is 38.5 Å². The second kappa shape index (κ2) is 5.36. The molecule has 3 nitrogen and oxygen atoms in total. The van der Waals surface area contributed by atoms with Gasteiger partial charge in [-0.3, -0.25) is 0 Å². The Morgan fingerprint density at radius 2 is 2.06 bits per heavy atom. The van der Waals surface area contributed by atoms with Crippen molar-refractivity contribution in [3.05, 3.63) is 24.0 Å². The van der Waals surface area contributed by atoms with Gasteiger partial charge in [-0.15, -0.1) is 0 Å². The third-order valence-electron chi connectivity index (χ3n) is 3.01. The molecule has 2 N–H and O–H groups in total. The van der Waals surface area contributed by atoms with E-state index in [0.29, 0.717) is 13.2 Å². The molecule has 1 aromatic carbocycles. The molecule has 0 spiro atoms. The number of likely N-dealkylation sites (N-methyl/N-ethyl adjacent to an activating group) is 1. The zero-order valence-corrected chi connectivity index (χ0v) is 11.0. The molecule has 0 saturated carbocycles. The minimum absolute atomic E-state index is 0.209. The largest absolute Gasteiger partial charge is 0.491 e. The third-order valence-corrected chi connectivity index (χ3v) is 3.01. The van der Waals surface area contributed by atoms with Crippen LogP contribution in [0.1, 0.15) is 20.8 Å². The number of anilines is 1. The Labute approximate surface area is 102 Å². The van der Waals surface area contributed by atoms with Crippen LogP contribution in [0.25, 0.3) is 0 Å². The molecule has 17 heavy (non-hydrogen) atoms. The van der Waals surface area contributed by atoms with E-state index in [4.69, 9.17) is 10.5 Å². The molecule has 0 aliphatic carbocycles. The van der Waals surface area contributed by atoms with Gasteiger partial charge in [0, 0.05) is 30.9 Å². The van der Waals surface area contributed by atoms with Crippen molar-refractivity contribution in [2.24, 2.45) is 5.73 Å². The summed E-state index contributed by atoms with van der Waals surface area (Å²) >= 11 is 0. The van der Waals surface area contributed by atoms with Gasteiger partial charge in [0.25, 0.3) is 0 Å². The summed E-state index contributed by atoms with van der Waals surface area (Å²) < 4.78 is 18.9.